The van der Waals surface area contributed by atoms with Crippen LogP contribution in [-0.2, 0) is 11.8 Å². The summed E-state index contributed by atoms with van der Waals surface area (Å²) in [5.74, 6) is 1.71. The smallest absolute Gasteiger partial charge is 0.138 e. The lowest BCUT2D eigenvalue weighted by Crippen LogP contribution is -2.45. The van der Waals surface area contributed by atoms with Crippen LogP contribution in [0.25, 0.3) is 38.6 Å². The predicted octanol–water partition coefficient (Wildman–Crippen LogP) is 11.9. The SMILES string of the molecule is S=P12c3c4cccc3N(c3ccccc3)c3cc(-c5ccc6c7ccccc7n(-c7ccccc7)c6c5)cc(c31)N(c1ccccc1)c1cccc(c12)O4. The maximum Gasteiger partial charge on any atom is 0.138 e. The Labute approximate surface area is 317 Å². The van der Waals surface area contributed by atoms with Crippen molar-refractivity contribution in [3.63, 3.8) is 0 Å². The fourth-order valence-corrected chi connectivity index (χ4v) is 14.2. The van der Waals surface area contributed by atoms with Crippen LogP contribution < -0.4 is 30.5 Å². The Morgan fingerprint density at radius 1 is 0.389 bits per heavy atom. The molecule has 0 N–H and O–H groups in total. The minimum Gasteiger partial charge on any atom is -0.456 e. The van der Waals surface area contributed by atoms with Gasteiger partial charge in [-0.15, -0.1) is 0 Å². The molecule has 0 fully saturated rings. The van der Waals surface area contributed by atoms with Crippen LogP contribution in [0.5, 0.6) is 11.5 Å². The van der Waals surface area contributed by atoms with E-state index in [0.717, 1.165) is 73.0 Å². The van der Waals surface area contributed by atoms with Crippen LogP contribution >= 0.6 is 6.04 Å². The molecule has 12 rings (SSSR count). The monoisotopic (exact) mass is 727 g/mol. The number of hydrogen-bond donors (Lipinski definition) is 0. The Bertz CT molecular complexity index is 2950. The van der Waals surface area contributed by atoms with Crippen LogP contribution in [0.3, 0.4) is 0 Å². The first kappa shape index (κ1) is 30.1. The normalized spacial score (nSPS) is 14.2. The van der Waals surface area contributed by atoms with E-state index in [9.17, 15) is 0 Å². The Kier molecular flexibility index (Phi) is 6.17. The highest BCUT2D eigenvalue weighted by Gasteiger charge is 2.50. The molecular weight excluding hydrogens is 698 g/mol. The van der Waals surface area contributed by atoms with E-state index in [1.54, 1.807) is 0 Å². The van der Waals surface area contributed by atoms with Crippen LogP contribution in [0.1, 0.15) is 0 Å². The lowest BCUT2D eigenvalue weighted by molar-refractivity contribution is 0.488. The van der Waals surface area contributed by atoms with Crippen LogP contribution in [0.15, 0.2) is 182 Å². The molecule has 6 heteroatoms. The Morgan fingerprint density at radius 2 is 0.907 bits per heavy atom. The van der Waals surface area contributed by atoms with Crippen molar-refractivity contribution >= 4 is 89.7 Å². The summed E-state index contributed by atoms with van der Waals surface area (Å²) in [5.41, 5.74) is 12.4. The fourth-order valence-electron chi connectivity index (χ4n) is 9.04. The van der Waals surface area contributed by atoms with Crippen molar-refractivity contribution in [3.05, 3.63) is 182 Å². The standard InChI is InChI=1S/C48H30N3OPS/c54-53-46-42-29-32(31-26-27-37-36-20-10-11-21-38(36)49(41(37)28-31)33-14-4-1-5-15-33)30-43(46)51(35-18-8-3-9-19-35)40-23-13-25-45(48(40)53)52-44-24-12-22-39(47(44)53)50(42)34-16-6-2-7-17-34/h1-30H. The third kappa shape index (κ3) is 3.95. The molecule has 54 heavy (non-hydrogen) atoms. The maximum atomic E-state index is 7.20. The number of fused-ring (bicyclic) bond motifs is 3. The van der Waals surface area contributed by atoms with Gasteiger partial charge in [-0.05, 0) is 96.1 Å². The summed E-state index contributed by atoms with van der Waals surface area (Å²) < 4.78 is 9.19. The van der Waals surface area contributed by atoms with Crippen molar-refractivity contribution in [1.29, 1.82) is 0 Å². The van der Waals surface area contributed by atoms with E-state index in [2.05, 4.69) is 196 Å². The second-order valence-corrected chi connectivity index (χ2v) is 18.3. The van der Waals surface area contributed by atoms with Gasteiger partial charge in [0.1, 0.15) is 11.5 Å². The van der Waals surface area contributed by atoms with E-state index in [1.807, 2.05) is 0 Å². The summed E-state index contributed by atoms with van der Waals surface area (Å²) in [5, 5.41) is 5.94. The van der Waals surface area contributed by atoms with Gasteiger partial charge in [-0.2, -0.15) is 0 Å². The van der Waals surface area contributed by atoms with Gasteiger partial charge in [0, 0.05) is 33.1 Å². The molecule has 0 aliphatic carbocycles. The molecule has 0 radical (unpaired) electrons. The van der Waals surface area contributed by atoms with Crippen molar-refractivity contribution < 1.29 is 4.74 Å². The number of ether oxygens (including phenoxy) is 1. The first-order valence-electron chi connectivity index (χ1n) is 18.2. The Balaban J connectivity index is 1.21. The number of benzene rings is 8. The Morgan fingerprint density at radius 3 is 1.50 bits per heavy atom. The number of anilines is 6. The molecule has 0 amide bonds. The molecule has 9 aromatic rings. The fraction of sp³-hybridized carbons (Fsp3) is 0. The first-order chi connectivity index (χ1) is 26.7. The Hall–Kier alpha value is -6.39. The molecule has 8 aromatic carbocycles. The van der Waals surface area contributed by atoms with Crippen LogP contribution in [0, 0.1) is 0 Å². The lowest BCUT2D eigenvalue weighted by Gasteiger charge is -2.49. The number of para-hydroxylation sites is 4. The summed E-state index contributed by atoms with van der Waals surface area (Å²) >= 11 is 7.20. The third-order valence-electron chi connectivity index (χ3n) is 11.2. The molecule has 0 saturated carbocycles. The van der Waals surface area contributed by atoms with E-state index >= 15 is 0 Å². The topological polar surface area (TPSA) is 20.6 Å². The van der Waals surface area contributed by atoms with E-state index in [-0.39, 0.29) is 0 Å². The number of hydrogen-bond acceptors (Lipinski definition) is 4. The van der Waals surface area contributed by atoms with Gasteiger partial charge in [0.15, 0.2) is 0 Å². The molecule has 4 heterocycles. The molecule has 4 nitrogen and oxygen atoms in total. The molecular formula is C48H30N3OPS. The molecule has 0 atom stereocenters. The van der Waals surface area contributed by atoms with Crippen LogP contribution in [0.4, 0.5) is 34.1 Å². The van der Waals surface area contributed by atoms with Gasteiger partial charge in [-0.1, -0.05) is 109 Å². The van der Waals surface area contributed by atoms with Crippen LogP contribution in [-0.4, -0.2) is 4.57 Å². The molecule has 0 saturated heterocycles. The van der Waals surface area contributed by atoms with Gasteiger partial charge in [-0.25, -0.2) is 0 Å². The summed E-state index contributed by atoms with van der Waals surface area (Å²) in [6.07, 6.45) is 0. The molecule has 3 aliphatic heterocycles. The predicted molar refractivity (Wildman–Crippen MR) is 229 cm³/mol. The zero-order valence-electron chi connectivity index (χ0n) is 28.9. The van der Waals surface area contributed by atoms with Crippen molar-refractivity contribution in [2.75, 3.05) is 9.80 Å². The first-order valence-corrected chi connectivity index (χ1v) is 21.0. The van der Waals surface area contributed by atoms with Crippen LogP contribution in [0.2, 0.25) is 0 Å². The largest absolute Gasteiger partial charge is 0.456 e. The van der Waals surface area contributed by atoms with E-state index < -0.39 is 6.04 Å². The molecule has 3 aliphatic rings. The molecule has 0 bridgehead atoms. The quantitative estimate of drug-likeness (QED) is 0.168. The van der Waals surface area contributed by atoms with Gasteiger partial charge in [0.25, 0.3) is 0 Å². The van der Waals surface area contributed by atoms with Gasteiger partial charge in [-0.3, -0.25) is 0 Å². The highest BCUT2D eigenvalue weighted by Crippen LogP contribution is 2.66. The summed E-state index contributed by atoms with van der Waals surface area (Å²) in [7, 11) is 0. The number of nitrogens with zero attached hydrogens (tertiary/aromatic N) is 3. The van der Waals surface area contributed by atoms with Gasteiger partial charge >= 0.3 is 0 Å². The zero-order valence-corrected chi connectivity index (χ0v) is 30.6. The third-order valence-corrected chi connectivity index (χ3v) is 16.1. The lowest BCUT2D eigenvalue weighted by atomic mass is 9.99. The van der Waals surface area contributed by atoms with E-state index in [4.69, 9.17) is 16.5 Å². The average molecular weight is 728 g/mol. The van der Waals surface area contributed by atoms with E-state index in [1.165, 1.54) is 27.1 Å². The van der Waals surface area contributed by atoms with Gasteiger partial charge in [0.2, 0.25) is 0 Å². The zero-order chi connectivity index (χ0) is 35.5. The van der Waals surface area contributed by atoms with Crippen molar-refractivity contribution in [2.24, 2.45) is 0 Å². The molecule has 1 aromatic heterocycles. The highest BCUT2D eigenvalue weighted by atomic mass is 32.4. The van der Waals surface area contributed by atoms with Gasteiger partial charge in [0.05, 0.1) is 50.4 Å². The second-order valence-electron chi connectivity index (χ2n) is 14.1. The average Bonchev–Trinajstić information content (AvgIpc) is 3.55. The summed E-state index contributed by atoms with van der Waals surface area (Å²) in [6, 6.07) is 62.7. The summed E-state index contributed by atoms with van der Waals surface area (Å²) in [4.78, 5) is 4.83. The minimum absolute atomic E-state index is 0.856. The second kappa shape index (κ2) is 11.1. The van der Waals surface area contributed by atoms with Crippen molar-refractivity contribution in [3.8, 4) is 28.3 Å². The molecule has 0 spiro atoms. The van der Waals surface area contributed by atoms with Crippen molar-refractivity contribution in [2.45, 2.75) is 0 Å². The summed E-state index contributed by atoms with van der Waals surface area (Å²) in [6.45, 7) is 0. The molecule has 254 valence electrons. The van der Waals surface area contributed by atoms with Crippen molar-refractivity contribution in [1.82, 2.24) is 4.57 Å². The molecule has 0 unspecified atom stereocenters. The van der Waals surface area contributed by atoms with E-state index in [0.29, 0.717) is 0 Å². The number of rotatable bonds is 4. The van der Waals surface area contributed by atoms with Gasteiger partial charge < -0.3 is 19.1 Å². The number of aromatic nitrogens is 1. The minimum atomic E-state index is -2.60. The highest BCUT2D eigenvalue weighted by molar-refractivity contribution is 8.26. The maximum absolute atomic E-state index is 7.20.